The number of pyridine rings is 1. The third kappa shape index (κ3) is 6.05. The zero-order valence-corrected chi connectivity index (χ0v) is 23.1. The molecule has 40 heavy (non-hydrogen) atoms. The number of benzene rings is 1. The molecule has 7 nitrogen and oxygen atoms in total. The summed E-state index contributed by atoms with van der Waals surface area (Å²) in [5.74, 6) is -1.46. The smallest absolute Gasteiger partial charge is 0.391 e. The molecular weight excluding hydrogens is 543 g/mol. The fraction of sp³-hybridized carbons (Fsp3) is 0.517. The lowest BCUT2D eigenvalue weighted by Gasteiger charge is -2.30. The predicted octanol–water partition coefficient (Wildman–Crippen LogP) is 5.54. The van der Waals surface area contributed by atoms with Crippen molar-refractivity contribution in [1.29, 1.82) is 0 Å². The first-order chi connectivity index (χ1) is 19.0. The minimum atomic E-state index is -4.12. The van der Waals surface area contributed by atoms with Gasteiger partial charge >= 0.3 is 6.18 Å². The normalized spacial score (nSPS) is 20.9. The summed E-state index contributed by atoms with van der Waals surface area (Å²) in [4.78, 5) is 17.9. The van der Waals surface area contributed by atoms with Gasteiger partial charge in [-0.25, -0.2) is 13.4 Å². The highest BCUT2D eigenvalue weighted by Crippen LogP contribution is 2.43. The van der Waals surface area contributed by atoms with Crippen molar-refractivity contribution in [3.05, 3.63) is 59.4 Å². The molecule has 1 aromatic carbocycles. The molecule has 0 aliphatic heterocycles. The first kappa shape index (κ1) is 28.6. The maximum atomic E-state index is 13.1. The molecule has 0 bridgehead atoms. The Hall–Kier alpha value is -2.92. The molecule has 2 fully saturated rings. The number of hydrogen-bond donors (Lipinski definition) is 2. The number of amides is 1. The quantitative estimate of drug-likeness (QED) is 0.348. The van der Waals surface area contributed by atoms with Gasteiger partial charge in [-0.3, -0.25) is 4.79 Å². The third-order valence-corrected chi connectivity index (χ3v) is 10.00. The van der Waals surface area contributed by atoms with Gasteiger partial charge in [0, 0.05) is 23.3 Å². The number of aliphatic hydroxyl groups is 1. The van der Waals surface area contributed by atoms with E-state index in [9.17, 15) is 31.5 Å². The molecule has 216 valence electrons. The lowest BCUT2D eigenvalue weighted by Crippen LogP contribution is -2.30. The summed E-state index contributed by atoms with van der Waals surface area (Å²) in [5.41, 5.74) is 2.71. The Labute approximate surface area is 231 Å². The van der Waals surface area contributed by atoms with Crippen LogP contribution >= 0.6 is 0 Å². The van der Waals surface area contributed by atoms with Crippen molar-refractivity contribution in [1.82, 2.24) is 14.9 Å². The molecular formula is C29H34F3N3O4S. The van der Waals surface area contributed by atoms with Gasteiger partial charge in [0.15, 0.2) is 9.84 Å². The van der Waals surface area contributed by atoms with Crippen molar-refractivity contribution in [3.8, 4) is 0 Å². The highest BCUT2D eigenvalue weighted by atomic mass is 32.2. The zero-order chi connectivity index (χ0) is 28.7. The van der Waals surface area contributed by atoms with Gasteiger partial charge in [0.25, 0.3) is 5.91 Å². The van der Waals surface area contributed by atoms with Crippen molar-refractivity contribution in [2.24, 2.45) is 11.8 Å². The van der Waals surface area contributed by atoms with Crippen molar-refractivity contribution in [3.63, 3.8) is 0 Å². The molecule has 0 radical (unpaired) electrons. The lowest BCUT2D eigenvalue weighted by molar-refractivity contribution is -0.183. The van der Waals surface area contributed by atoms with Crippen molar-refractivity contribution < 1.29 is 31.5 Å². The van der Waals surface area contributed by atoms with E-state index in [4.69, 9.17) is 0 Å². The van der Waals surface area contributed by atoms with Gasteiger partial charge in [-0.1, -0.05) is 19.1 Å². The van der Waals surface area contributed by atoms with Crippen LogP contribution in [0.15, 0.2) is 47.5 Å². The van der Waals surface area contributed by atoms with Gasteiger partial charge in [-0.05, 0) is 80.7 Å². The van der Waals surface area contributed by atoms with Crippen molar-refractivity contribution in [2.45, 2.75) is 75.0 Å². The SMILES string of the molecule is CCS(=O)(=O)c1ccc([C@H](CO)NC(=O)c2cnc3c(c2)cc(CC2CCC(C(F)(F)F)CC2)n3C2CC2)cc1. The van der Waals surface area contributed by atoms with E-state index < -0.39 is 33.9 Å². The van der Waals surface area contributed by atoms with E-state index >= 15 is 0 Å². The monoisotopic (exact) mass is 577 g/mol. The van der Waals surface area contributed by atoms with Crippen LogP contribution in [-0.2, 0) is 16.3 Å². The van der Waals surface area contributed by atoms with Crippen LogP contribution in [0, 0.1) is 11.8 Å². The molecule has 0 spiro atoms. The number of aromatic nitrogens is 2. The van der Waals surface area contributed by atoms with Crippen LogP contribution in [0.1, 0.15) is 79.1 Å². The van der Waals surface area contributed by atoms with Crippen molar-refractivity contribution >= 4 is 26.8 Å². The summed E-state index contributed by atoms with van der Waals surface area (Å²) >= 11 is 0. The highest BCUT2D eigenvalue weighted by molar-refractivity contribution is 7.91. The van der Waals surface area contributed by atoms with Gasteiger partial charge in [-0.15, -0.1) is 0 Å². The number of halogens is 3. The minimum absolute atomic E-state index is 0.0225. The van der Waals surface area contributed by atoms with Crippen molar-refractivity contribution in [2.75, 3.05) is 12.4 Å². The van der Waals surface area contributed by atoms with E-state index in [2.05, 4.69) is 14.9 Å². The number of carbonyl (C=O) groups excluding carboxylic acids is 1. The Morgan fingerprint density at radius 3 is 2.35 bits per heavy atom. The summed E-state index contributed by atoms with van der Waals surface area (Å²) in [6.45, 7) is 1.19. The molecule has 1 atom stereocenters. The third-order valence-electron chi connectivity index (χ3n) is 8.25. The molecule has 0 saturated heterocycles. The van der Waals surface area contributed by atoms with E-state index in [1.807, 2.05) is 6.07 Å². The number of hydrogen-bond acceptors (Lipinski definition) is 5. The Bertz CT molecular complexity index is 1470. The Morgan fingerprint density at radius 1 is 1.10 bits per heavy atom. The fourth-order valence-corrected chi connectivity index (χ4v) is 6.61. The number of rotatable bonds is 9. The molecule has 11 heteroatoms. The number of carbonyl (C=O) groups is 1. The Balaban J connectivity index is 1.32. The van der Waals surface area contributed by atoms with Crippen LogP contribution in [0.5, 0.6) is 0 Å². The second-order valence-corrected chi connectivity index (χ2v) is 13.3. The van der Waals surface area contributed by atoms with E-state index in [1.54, 1.807) is 25.1 Å². The highest BCUT2D eigenvalue weighted by Gasteiger charge is 2.41. The van der Waals surface area contributed by atoms with Crippen LogP contribution < -0.4 is 5.32 Å². The molecule has 2 N–H and O–H groups in total. The first-order valence-electron chi connectivity index (χ1n) is 13.8. The molecule has 2 aromatic heterocycles. The van der Waals surface area contributed by atoms with Crippen LogP contribution in [0.2, 0.25) is 0 Å². The number of aliphatic hydroxyl groups excluding tert-OH is 1. The molecule has 5 rings (SSSR count). The van der Waals surface area contributed by atoms with Crippen LogP contribution in [-0.4, -0.2) is 47.5 Å². The Kier molecular flexibility index (Phi) is 7.98. The summed E-state index contributed by atoms with van der Waals surface area (Å²) in [5, 5.41) is 13.5. The molecule has 2 aliphatic rings. The fourth-order valence-electron chi connectivity index (χ4n) is 5.73. The van der Waals surface area contributed by atoms with E-state index in [-0.39, 0.29) is 36.0 Å². The van der Waals surface area contributed by atoms with Gasteiger partial charge in [0.1, 0.15) is 5.65 Å². The second-order valence-electron chi connectivity index (χ2n) is 11.0. The van der Waals surface area contributed by atoms with Gasteiger partial charge in [-0.2, -0.15) is 13.2 Å². The summed E-state index contributed by atoms with van der Waals surface area (Å²) in [7, 11) is -3.36. The first-order valence-corrected chi connectivity index (χ1v) is 15.5. The Morgan fingerprint density at radius 2 is 1.77 bits per heavy atom. The minimum Gasteiger partial charge on any atom is -0.394 e. The van der Waals surface area contributed by atoms with E-state index in [0.29, 0.717) is 36.4 Å². The second kappa shape index (κ2) is 11.2. The van der Waals surface area contributed by atoms with Crippen LogP contribution in [0.25, 0.3) is 11.0 Å². The average Bonchev–Trinajstić information content (AvgIpc) is 3.71. The molecule has 0 unspecified atom stereocenters. The predicted molar refractivity (Wildman–Crippen MR) is 145 cm³/mol. The number of nitrogens with zero attached hydrogens (tertiary/aromatic N) is 2. The lowest BCUT2D eigenvalue weighted by atomic mass is 9.79. The summed E-state index contributed by atoms with van der Waals surface area (Å²) in [6, 6.07) is 9.44. The molecule has 2 heterocycles. The molecule has 2 saturated carbocycles. The zero-order valence-electron chi connectivity index (χ0n) is 22.3. The van der Waals surface area contributed by atoms with Crippen LogP contribution in [0.4, 0.5) is 13.2 Å². The molecule has 2 aliphatic carbocycles. The van der Waals surface area contributed by atoms with Crippen LogP contribution in [0.3, 0.4) is 0 Å². The average molecular weight is 578 g/mol. The number of fused-ring (bicyclic) bond motifs is 1. The largest absolute Gasteiger partial charge is 0.394 e. The molecule has 1 amide bonds. The van der Waals surface area contributed by atoms with Gasteiger partial charge in [0.05, 0.1) is 34.8 Å². The number of nitrogens with one attached hydrogen (secondary N) is 1. The van der Waals surface area contributed by atoms with E-state index in [0.717, 1.165) is 29.6 Å². The maximum absolute atomic E-state index is 13.1. The van der Waals surface area contributed by atoms with E-state index in [1.165, 1.54) is 18.3 Å². The topological polar surface area (TPSA) is 101 Å². The summed E-state index contributed by atoms with van der Waals surface area (Å²) in [6.07, 6.45) is 1.55. The summed E-state index contributed by atoms with van der Waals surface area (Å²) < 4.78 is 65.7. The van der Waals surface area contributed by atoms with Gasteiger partial charge < -0.3 is 15.0 Å². The molecule has 3 aromatic rings. The number of sulfone groups is 1. The standard InChI is InChI=1S/C29H34F3N3O4S/c1-2-40(38,39)25-11-5-19(6-12-25)26(17-36)34-28(37)21-14-20-15-24(35(23-9-10-23)27(20)33-16-21)13-18-3-7-22(8-4-18)29(30,31)32/h5-6,11-12,14-16,18,22-23,26,36H,2-4,7-10,13,17H2,1H3,(H,34,37)/t18?,22?,26-/m0/s1. The van der Waals surface area contributed by atoms with Gasteiger partial charge in [0.2, 0.25) is 0 Å². The maximum Gasteiger partial charge on any atom is 0.391 e. The number of alkyl halides is 3.